The smallest absolute Gasteiger partial charge is 0.317 e. The van der Waals surface area contributed by atoms with Crippen LogP contribution in [0.3, 0.4) is 0 Å². The predicted molar refractivity (Wildman–Crippen MR) is 78.1 cm³/mol. The summed E-state index contributed by atoms with van der Waals surface area (Å²) in [5.74, 6) is 0.490. The van der Waals surface area contributed by atoms with Gasteiger partial charge in [-0.1, -0.05) is 43.7 Å². The molecule has 0 unspecified atom stereocenters. The molecule has 1 aromatic carbocycles. The van der Waals surface area contributed by atoms with Gasteiger partial charge in [-0.15, -0.1) is 0 Å². The average molecular weight is 260 g/mol. The van der Waals surface area contributed by atoms with Crippen LogP contribution in [0.25, 0.3) is 0 Å². The molecule has 0 radical (unpaired) electrons. The molecular weight excluding hydrogens is 236 g/mol. The number of carbonyl (C=O) groups is 1. The lowest BCUT2D eigenvalue weighted by Crippen LogP contribution is -2.40. The molecule has 19 heavy (non-hydrogen) atoms. The first-order valence-corrected chi connectivity index (χ1v) is 7.19. The van der Waals surface area contributed by atoms with Gasteiger partial charge in [0, 0.05) is 13.1 Å². The Kier molecular flexibility index (Phi) is 4.46. The molecule has 1 aromatic rings. The molecule has 1 N–H and O–H groups in total. The Labute approximate surface area is 116 Å². The van der Waals surface area contributed by atoms with Crippen LogP contribution in [0.15, 0.2) is 24.3 Å². The van der Waals surface area contributed by atoms with Gasteiger partial charge in [0.25, 0.3) is 0 Å². The summed E-state index contributed by atoms with van der Waals surface area (Å²) in [5.41, 5.74) is 2.51. The molecule has 1 atom stereocenters. The average Bonchev–Trinajstić information content (AvgIpc) is 2.86. The van der Waals surface area contributed by atoms with Gasteiger partial charge in [0.15, 0.2) is 0 Å². The zero-order valence-corrected chi connectivity index (χ0v) is 12.1. The van der Waals surface area contributed by atoms with Crippen molar-refractivity contribution >= 4 is 6.03 Å². The van der Waals surface area contributed by atoms with Crippen LogP contribution in [0, 0.1) is 12.8 Å². The van der Waals surface area contributed by atoms with E-state index in [1.165, 1.54) is 11.1 Å². The van der Waals surface area contributed by atoms with Crippen molar-refractivity contribution in [1.82, 2.24) is 10.2 Å². The molecule has 1 fully saturated rings. The third-order valence-corrected chi connectivity index (χ3v) is 3.64. The number of rotatable bonds is 3. The lowest BCUT2D eigenvalue weighted by atomic mass is 10.0. The summed E-state index contributed by atoms with van der Waals surface area (Å²) in [5, 5.41) is 3.02. The molecule has 104 valence electrons. The Bertz CT molecular complexity index is 425. The van der Waals surface area contributed by atoms with E-state index in [-0.39, 0.29) is 12.1 Å². The van der Waals surface area contributed by atoms with Gasteiger partial charge in [-0.3, -0.25) is 0 Å². The third-order valence-electron chi connectivity index (χ3n) is 3.64. The van der Waals surface area contributed by atoms with Gasteiger partial charge in [-0.2, -0.15) is 0 Å². The maximum absolute atomic E-state index is 12.2. The first-order valence-electron chi connectivity index (χ1n) is 7.19. The molecule has 2 rings (SSSR count). The van der Waals surface area contributed by atoms with Crippen LogP contribution in [0.2, 0.25) is 0 Å². The summed E-state index contributed by atoms with van der Waals surface area (Å²) in [6.45, 7) is 7.92. The number of aryl methyl sites for hydroxylation is 1. The molecule has 3 heteroatoms. The van der Waals surface area contributed by atoms with Gasteiger partial charge in [0.2, 0.25) is 0 Å². The number of carbonyl (C=O) groups excluding carboxylic acids is 1. The molecule has 1 heterocycles. The van der Waals surface area contributed by atoms with Crippen molar-refractivity contribution in [2.24, 2.45) is 5.92 Å². The number of amides is 2. The van der Waals surface area contributed by atoms with Crippen LogP contribution in [-0.4, -0.2) is 24.0 Å². The van der Waals surface area contributed by atoms with Crippen molar-refractivity contribution in [2.75, 3.05) is 13.1 Å². The second-order valence-electron chi connectivity index (χ2n) is 5.84. The van der Waals surface area contributed by atoms with E-state index in [0.29, 0.717) is 5.92 Å². The molecule has 0 aliphatic carbocycles. The summed E-state index contributed by atoms with van der Waals surface area (Å²) in [6, 6.07) is 8.86. The van der Waals surface area contributed by atoms with Crippen LogP contribution in [-0.2, 0) is 0 Å². The highest BCUT2D eigenvalue weighted by molar-refractivity contribution is 5.75. The molecule has 2 amide bonds. The van der Waals surface area contributed by atoms with Gasteiger partial charge in [0.1, 0.15) is 0 Å². The summed E-state index contributed by atoms with van der Waals surface area (Å²) < 4.78 is 0. The third kappa shape index (κ3) is 3.49. The minimum absolute atomic E-state index is 0.0803. The number of nitrogens with zero attached hydrogens (tertiary/aromatic N) is 1. The topological polar surface area (TPSA) is 32.3 Å². The Morgan fingerprint density at radius 3 is 2.68 bits per heavy atom. The lowest BCUT2D eigenvalue weighted by molar-refractivity contribution is 0.191. The van der Waals surface area contributed by atoms with E-state index in [1.807, 2.05) is 4.90 Å². The van der Waals surface area contributed by atoms with Crippen molar-refractivity contribution in [3.8, 4) is 0 Å². The van der Waals surface area contributed by atoms with Gasteiger partial charge in [0.05, 0.1) is 6.04 Å². The van der Waals surface area contributed by atoms with Crippen LogP contribution >= 0.6 is 0 Å². The van der Waals surface area contributed by atoms with E-state index in [0.717, 1.165) is 25.9 Å². The van der Waals surface area contributed by atoms with Crippen LogP contribution < -0.4 is 5.32 Å². The number of benzene rings is 1. The molecule has 0 saturated carbocycles. The van der Waals surface area contributed by atoms with Gasteiger partial charge >= 0.3 is 6.03 Å². The van der Waals surface area contributed by atoms with Crippen molar-refractivity contribution in [1.29, 1.82) is 0 Å². The number of hydrogen-bond donors (Lipinski definition) is 1. The van der Waals surface area contributed by atoms with E-state index in [4.69, 9.17) is 0 Å². The largest absolute Gasteiger partial charge is 0.338 e. The SMILES string of the molecule is Cc1ccc([C@@H]2CCCN2C(=O)NCC(C)C)cc1. The first kappa shape index (κ1) is 13.9. The second-order valence-corrected chi connectivity index (χ2v) is 5.84. The Morgan fingerprint density at radius 1 is 1.37 bits per heavy atom. The summed E-state index contributed by atoms with van der Waals surface area (Å²) in [6.07, 6.45) is 2.16. The number of urea groups is 1. The normalized spacial score (nSPS) is 18.9. The van der Waals surface area contributed by atoms with E-state index in [9.17, 15) is 4.79 Å². The van der Waals surface area contributed by atoms with Gasteiger partial charge < -0.3 is 10.2 Å². The van der Waals surface area contributed by atoms with Crippen molar-refractivity contribution in [3.05, 3.63) is 35.4 Å². The molecule has 0 spiro atoms. The second kappa shape index (κ2) is 6.09. The van der Waals surface area contributed by atoms with Gasteiger partial charge in [-0.25, -0.2) is 4.79 Å². The monoisotopic (exact) mass is 260 g/mol. The van der Waals surface area contributed by atoms with E-state index in [1.54, 1.807) is 0 Å². The summed E-state index contributed by atoms with van der Waals surface area (Å²) >= 11 is 0. The fourth-order valence-corrected chi connectivity index (χ4v) is 2.54. The number of nitrogens with one attached hydrogen (secondary N) is 1. The van der Waals surface area contributed by atoms with Crippen LogP contribution in [0.4, 0.5) is 4.79 Å². The molecule has 1 aliphatic heterocycles. The molecule has 1 aliphatic rings. The van der Waals surface area contributed by atoms with E-state index >= 15 is 0 Å². The summed E-state index contributed by atoms with van der Waals surface area (Å²) in [4.78, 5) is 14.2. The van der Waals surface area contributed by atoms with Crippen molar-refractivity contribution in [3.63, 3.8) is 0 Å². The number of hydrogen-bond acceptors (Lipinski definition) is 1. The molecule has 1 saturated heterocycles. The highest BCUT2D eigenvalue weighted by Crippen LogP contribution is 2.31. The zero-order valence-electron chi connectivity index (χ0n) is 12.1. The summed E-state index contributed by atoms with van der Waals surface area (Å²) in [7, 11) is 0. The van der Waals surface area contributed by atoms with Crippen LogP contribution in [0.5, 0.6) is 0 Å². The van der Waals surface area contributed by atoms with Crippen molar-refractivity contribution in [2.45, 2.75) is 39.7 Å². The Morgan fingerprint density at radius 2 is 2.05 bits per heavy atom. The lowest BCUT2D eigenvalue weighted by Gasteiger charge is -2.26. The van der Waals surface area contributed by atoms with Crippen molar-refractivity contribution < 1.29 is 4.79 Å². The quantitative estimate of drug-likeness (QED) is 0.886. The minimum atomic E-state index is 0.0803. The fourth-order valence-electron chi connectivity index (χ4n) is 2.54. The molecule has 0 bridgehead atoms. The Balaban J connectivity index is 2.04. The predicted octanol–water partition coefficient (Wildman–Crippen LogP) is 3.50. The standard InChI is InChI=1S/C16H24N2O/c1-12(2)11-17-16(19)18-10-4-5-15(18)14-8-6-13(3)7-9-14/h6-9,12,15H,4-5,10-11H2,1-3H3,(H,17,19)/t15-/m0/s1. The Hall–Kier alpha value is -1.51. The highest BCUT2D eigenvalue weighted by atomic mass is 16.2. The zero-order chi connectivity index (χ0) is 13.8. The molecular formula is C16H24N2O. The molecule has 3 nitrogen and oxygen atoms in total. The fraction of sp³-hybridized carbons (Fsp3) is 0.562. The minimum Gasteiger partial charge on any atom is -0.338 e. The van der Waals surface area contributed by atoms with Gasteiger partial charge in [-0.05, 0) is 31.2 Å². The van der Waals surface area contributed by atoms with Crippen LogP contribution in [0.1, 0.15) is 43.9 Å². The highest BCUT2D eigenvalue weighted by Gasteiger charge is 2.29. The van der Waals surface area contributed by atoms with E-state index < -0.39 is 0 Å². The number of likely N-dealkylation sites (tertiary alicyclic amines) is 1. The van der Waals surface area contributed by atoms with E-state index in [2.05, 4.69) is 50.4 Å². The molecule has 0 aromatic heterocycles. The maximum atomic E-state index is 12.2. The first-order chi connectivity index (χ1) is 9.08. The maximum Gasteiger partial charge on any atom is 0.317 e.